The van der Waals surface area contributed by atoms with Gasteiger partial charge in [0.1, 0.15) is 0 Å². The molecule has 0 radical (unpaired) electrons. The van der Waals surface area contributed by atoms with Crippen molar-refractivity contribution in [2.75, 3.05) is 0 Å². The van der Waals surface area contributed by atoms with E-state index in [1.165, 1.54) is 44.9 Å². The van der Waals surface area contributed by atoms with Gasteiger partial charge >= 0.3 is 0 Å². The molecule has 0 saturated heterocycles. The quantitative estimate of drug-likeness (QED) is 0.553. The molecular weight excluding hydrogens is 204 g/mol. The van der Waals surface area contributed by atoms with Crippen LogP contribution in [0.15, 0.2) is 0 Å². The summed E-state index contributed by atoms with van der Waals surface area (Å²) in [7, 11) is 0. The molecule has 0 aromatic heterocycles. The number of hydrogen-bond acceptors (Lipinski definition) is 0. The average Bonchev–Trinajstić information content (AvgIpc) is 2.39. The number of rotatable bonds is 5. The second kappa shape index (κ2) is 7.44. The molecule has 2 unspecified atom stereocenters. The molecule has 2 aliphatic rings. The topological polar surface area (TPSA) is 0 Å². The third-order valence-corrected chi connectivity index (χ3v) is 5.40. The van der Waals surface area contributed by atoms with Gasteiger partial charge in [0, 0.05) is 0 Å². The Labute approximate surface area is 109 Å². The predicted molar refractivity (Wildman–Crippen MR) is 76.2 cm³/mol. The molecule has 0 aromatic rings. The zero-order valence-electron chi connectivity index (χ0n) is 11.9. The molecular formula is C17H32. The molecule has 0 amide bonds. The predicted octanol–water partition coefficient (Wildman–Crippen LogP) is 5.95. The Balaban J connectivity index is 1.71. The second-order valence-electron chi connectivity index (χ2n) is 6.67. The highest BCUT2D eigenvalue weighted by Crippen LogP contribution is 2.38. The summed E-state index contributed by atoms with van der Waals surface area (Å²) >= 11 is 0. The Hall–Kier alpha value is 0. The average molecular weight is 236 g/mol. The summed E-state index contributed by atoms with van der Waals surface area (Å²) in [5.41, 5.74) is 0. The first-order chi connectivity index (χ1) is 8.40. The van der Waals surface area contributed by atoms with E-state index in [9.17, 15) is 0 Å². The lowest BCUT2D eigenvalue weighted by molar-refractivity contribution is 0.190. The number of hydrogen-bond donors (Lipinski definition) is 0. The van der Waals surface area contributed by atoms with Gasteiger partial charge in [-0.15, -0.1) is 0 Å². The lowest BCUT2D eigenvalue weighted by Crippen LogP contribution is -2.20. The van der Waals surface area contributed by atoms with Crippen molar-refractivity contribution in [3.63, 3.8) is 0 Å². The minimum Gasteiger partial charge on any atom is -0.0654 e. The van der Waals surface area contributed by atoms with Gasteiger partial charge in [0.05, 0.1) is 0 Å². The molecule has 0 heteroatoms. The van der Waals surface area contributed by atoms with Gasteiger partial charge in [0.15, 0.2) is 0 Å². The van der Waals surface area contributed by atoms with Crippen LogP contribution < -0.4 is 0 Å². The van der Waals surface area contributed by atoms with Crippen LogP contribution in [0.2, 0.25) is 0 Å². The molecule has 0 N–H and O–H groups in total. The Morgan fingerprint density at radius 2 is 1.24 bits per heavy atom. The Bertz CT molecular complexity index is 188. The first-order valence-electron chi connectivity index (χ1n) is 8.40. The van der Waals surface area contributed by atoms with Gasteiger partial charge in [0.25, 0.3) is 0 Å². The van der Waals surface area contributed by atoms with Gasteiger partial charge in [0.2, 0.25) is 0 Å². The van der Waals surface area contributed by atoms with Gasteiger partial charge in [-0.3, -0.25) is 0 Å². The van der Waals surface area contributed by atoms with Crippen LogP contribution in [0.25, 0.3) is 0 Å². The first kappa shape index (κ1) is 13.4. The summed E-state index contributed by atoms with van der Waals surface area (Å²) < 4.78 is 0. The van der Waals surface area contributed by atoms with E-state index >= 15 is 0 Å². The summed E-state index contributed by atoms with van der Waals surface area (Å²) in [6, 6.07) is 0. The zero-order valence-corrected chi connectivity index (χ0v) is 11.9. The van der Waals surface area contributed by atoms with Crippen LogP contribution in [0.4, 0.5) is 0 Å². The lowest BCUT2D eigenvalue weighted by Gasteiger charge is -2.33. The molecule has 2 rings (SSSR count). The molecule has 2 atom stereocenters. The minimum absolute atomic E-state index is 1.09. The normalized spacial score (nSPS) is 31.6. The van der Waals surface area contributed by atoms with Gasteiger partial charge in [-0.05, 0) is 24.2 Å². The Morgan fingerprint density at radius 3 is 1.88 bits per heavy atom. The fourth-order valence-corrected chi connectivity index (χ4v) is 4.34. The van der Waals surface area contributed by atoms with E-state index < -0.39 is 0 Å². The second-order valence-corrected chi connectivity index (χ2v) is 6.67. The van der Waals surface area contributed by atoms with E-state index in [-0.39, 0.29) is 0 Å². The van der Waals surface area contributed by atoms with Crippen LogP contribution in [0.1, 0.15) is 90.4 Å². The largest absolute Gasteiger partial charge is 0.0654 e. The molecule has 17 heavy (non-hydrogen) atoms. The molecule has 0 heterocycles. The van der Waals surface area contributed by atoms with Gasteiger partial charge in [-0.25, -0.2) is 0 Å². The maximum atomic E-state index is 2.37. The fourth-order valence-electron chi connectivity index (χ4n) is 4.34. The molecule has 2 saturated carbocycles. The van der Waals surface area contributed by atoms with Crippen LogP contribution in [-0.2, 0) is 0 Å². The summed E-state index contributed by atoms with van der Waals surface area (Å²) in [4.78, 5) is 0. The maximum Gasteiger partial charge on any atom is -0.0386 e. The Kier molecular flexibility index (Phi) is 5.88. The zero-order chi connectivity index (χ0) is 11.9. The monoisotopic (exact) mass is 236 g/mol. The highest BCUT2D eigenvalue weighted by Gasteiger charge is 2.25. The van der Waals surface area contributed by atoms with Gasteiger partial charge in [-0.1, -0.05) is 84.0 Å². The molecule has 0 nitrogen and oxygen atoms in total. The van der Waals surface area contributed by atoms with Crippen molar-refractivity contribution in [2.24, 2.45) is 17.8 Å². The van der Waals surface area contributed by atoms with E-state index in [2.05, 4.69) is 6.92 Å². The van der Waals surface area contributed by atoms with E-state index in [1.807, 2.05) is 0 Å². The molecule has 2 aliphatic carbocycles. The third-order valence-electron chi connectivity index (χ3n) is 5.40. The first-order valence-corrected chi connectivity index (χ1v) is 8.40. The van der Waals surface area contributed by atoms with Crippen LogP contribution in [0.5, 0.6) is 0 Å². The molecule has 100 valence electrons. The molecule has 0 spiro atoms. The Morgan fingerprint density at radius 1 is 0.647 bits per heavy atom. The molecule has 2 fully saturated rings. The summed E-state index contributed by atoms with van der Waals surface area (Å²) in [5, 5.41) is 0. The van der Waals surface area contributed by atoms with Crippen molar-refractivity contribution in [3.05, 3.63) is 0 Å². The fraction of sp³-hybridized carbons (Fsp3) is 1.00. The van der Waals surface area contributed by atoms with E-state index in [4.69, 9.17) is 0 Å². The van der Waals surface area contributed by atoms with Crippen molar-refractivity contribution in [2.45, 2.75) is 90.4 Å². The smallest absolute Gasteiger partial charge is 0.0386 e. The molecule has 0 aliphatic heterocycles. The molecule has 0 aromatic carbocycles. The van der Waals surface area contributed by atoms with Crippen LogP contribution in [0, 0.1) is 17.8 Å². The highest BCUT2D eigenvalue weighted by atomic mass is 14.3. The van der Waals surface area contributed by atoms with Crippen molar-refractivity contribution in [3.8, 4) is 0 Å². The van der Waals surface area contributed by atoms with Crippen LogP contribution in [-0.4, -0.2) is 0 Å². The highest BCUT2D eigenvalue weighted by molar-refractivity contribution is 4.77. The summed E-state index contributed by atoms with van der Waals surface area (Å²) in [6.07, 6.45) is 19.8. The third kappa shape index (κ3) is 4.30. The van der Waals surface area contributed by atoms with Crippen molar-refractivity contribution in [1.82, 2.24) is 0 Å². The van der Waals surface area contributed by atoms with Crippen molar-refractivity contribution >= 4 is 0 Å². The van der Waals surface area contributed by atoms with Gasteiger partial charge in [-0.2, -0.15) is 0 Å². The standard InChI is InChI=1S/C17H32/c1-2-8-16-11-6-7-12-17(16)14-13-15-9-4-3-5-10-15/h15-17H,2-14H2,1H3. The molecule has 0 bridgehead atoms. The van der Waals surface area contributed by atoms with E-state index in [0.29, 0.717) is 0 Å². The van der Waals surface area contributed by atoms with E-state index in [0.717, 1.165) is 17.8 Å². The minimum atomic E-state index is 1.09. The van der Waals surface area contributed by atoms with Crippen LogP contribution in [0.3, 0.4) is 0 Å². The maximum absolute atomic E-state index is 2.37. The van der Waals surface area contributed by atoms with Gasteiger partial charge < -0.3 is 0 Å². The van der Waals surface area contributed by atoms with E-state index in [1.54, 1.807) is 38.5 Å². The van der Waals surface area contributed by atoms with Crippen molar-refractivity contribution < 1.29 is 0 Å². The summed E-state index contributed by atoms with van der Waals surface area (Å²) in [6.45, 7) is 2.37. The lowest BCUT2D eigenvalue weighted by atomic mass is 9.73. The summed E-state index contributed by atoms with van der Waals surface area (Å²) in [5.74, 6) is 3.30. The SMILES string of the molecule is CCCC1CCCCC1CCC1CCCCC1. The van der Waals surface area contributed by atoms with Crippen LogP contribution >= 0.6 is 0 Å². The van der Waals surface area contributed by atoms with Crippen molar-refractivity contribution in [1.29, 1.82) is 0 Å².